The summed E-state index contributed by atoms with van der Waals surface area (Å²) in [5, 5.41) is 0. The summed E-state index contributed by atoms with van der Waals surface area (Å²) in [6.07, 6.45) is 11.6. The van der Waals surface area contributed by atoms with Crippen molar-refractivity contribution in [3.63, 3.8) is 0 Å². The maximum Gasteiger partial charge on any atom is 0.494 e. The topological polar surface area (TPSA) is 18.5 Å². The van der Waals surface area contributed by atoms with Gasteiger partial charge in [-0.2, -0.15) is 0 Å². The molecule has 1 saturated heterocycles. The second kappa shape index (κ2) is 13.9. The van der Waals surface area contributed by atoms with Crippen molar-refractivity contribution in [2.24, 2.45) is 0 Å². The highest BCUT2D eigenvalue weighted by molar-refractivity contribution is 6.62. The van der Waals surface area contributed by atoms with Crippen LogP contribution in [-0.2, 0) is 14.7 Å². The van der Waals surface area contributed by atoms with E-state index < -0.39 is 23.7 Å². The molecule has 1 atom stereocenters. The Morgan fingerprint density at radius 2 is 0.931 bits per heavy atom. The van der Waals surface area contributed by atoms with Crippen molar-refractivity contribution in [3.05, 3.63) is 228 Å². The lowest BCUT2D eigenvalue weighted by Crippen LogP contribution is -2.41. The molecule has 0 saturated carbocycles. The summed E-state index contributed by atoms with van der Waals surface area (Å²) in [4.78, 5) is 0. The van der Waals surface area contributed by atoms with Crippen LogP contribution >= 0.6 is 0 Å². The van der Waals surface area contributed by atoms with Gasteiger partial charge in [0.2, 0.25) is 0 Å². The number of hydrogen-bond acceptors (Lipinski definition) is 2. The van der Waals surface area contributed by atoms with E-state index in [0.29, 0.717) is 0 Å². The van der Waals surface area contributed by atoms with E-state index in [-0.39, 0.29) is 0 Å². The van der Waals surface area contributed by atoms with Gasteiger partial charge in [-0.15, -0.1) is 0 Å². The molecule has 0 N–H and O–H groups in total. The van der Waals surface area contributed by atoms with Gasteiger partial charge in [0.05, 0.1) is 34.3 Å². The summed E-state index contributed by atoms with van der Waals surface area (Å²) < 4.78 is 13.5. The highest BCUT2D eigenvalue weighted by atomic mass is 16.7. The molecule has 3 aliphatic rings. The molecule has 2 nitrogen and oxygen atoms in total. The number of hydrogen-bond donors (Lipinski definition) is 0. The van der Waals surface area contributed by atoms with Gasteiger partial charge in [-0.05, 0) is 136 Å². The second-order valence-electron chi connectivity index (χ2n) is 16.7. The minimum absolute atomic E-state index is 0.475. The van der Waals surface area contributed by atoms with Crippen LogP contribution in [0.5, 0.6) is 0 Å². The third kappa shape index (κ3) is 5.94. The van der Waals surface area contributed by atoms with Crippen LogP contribution < -0.4 is 5.46 Å². The summed E-state index contributed by atoms with van der Waals surface area (Å²) in [5.74, 6) is 0. The molecule has 1 fully saturated rings. The molecule has 10 rings (SSSR count). The zero-order chi connectivity index (χ0) is 39.5. The van der Waals surface area contributed by atoms with Gasteiger partial charge in [0.25, 0.3) is 0 Å². The normalized spacial score (nSPS) is 18.3. The van der Waals surface area contributed by atoms with Crippen molar-refractivity contribution < 1.29 is 9.31 Å². The maximum absolute atomic E-state index is 6.75. The van der Waals surface area contributed by atoms with E-state index in [9.17, 15) is 0 Å². The molecule has 3 heteroatoms. The SMILES string of the molecule is CC1(C)OB(c2ccc3c(c2)C(c2cc(C4=CC=[C+]C=C4)cc(-c4ccccc4)c2)(c2cc(-c4ccccc4)cc(-c4ccccc4)c2)c2ccccc2-3)OC1(C)C. The fourth-order valence-electron chi connectivity index (χ4n) is 9.04. The molecule has 58 heavy (non-hydrogen) atoms. The van der Waals surface area contributed by atoms with E-state index in [4.69, 9.17) is 9.31 Å². The monoisotopic (exact) mass is 747 g/mol. The molecule has 0 spiro atoms. The lowest BCUT2D eigenvalue weighted by molar-refractivity contribution is 0.00578. The third-order valence-electron chi connectivity index (χ3n) is 12.7. The predicted molar refractivity (Wildman–Crippen MR) is 241 cm³/mol. The number of benzene rings is 7. The smallest absolute Gasteiger partial charge is 0.399 e. The quantitative estimate of drug-likeness (QED) is 0.119. The van der Waals surface area contributed by atoms with Crippen molar-refractivity contribution in [2.75, 3.05) is 0 Å². The van der Waals surface area contributed by atoms with Gasteiger partial charge >= 0.3 is 7.12 Å². The van der Waals surface area contributed by atoms with E-state index >= 15 is 0 Å². The second-order valence-corrected chi connectivity index (χ2v) is 16.7. The van der Waals surface area contributed by atoms with Crippen molar-refractivity contribution in [3.8, 4) is 44.5 Å². The van der Waals surface area contributed by atoms with Crippen LogP contribution in [0.25, 0.3) is 50.1 Å². The summed E-state index contributed by atoms with van der Waals surface area (Å²) >= 11 is 0. The fourth-order valence-corrected chi connectivity index (χ4v) is 9.04. The van der Waals surface area contributed by atoms with Crippen LogP contribution in [0.4, 0.5) is 0 Å². The first-order chi connectivity index (χ1) is 28.2. The zero-order valence-corrected chi connectivity index (χ0v) is 33.4. The molecule has 2 aliphatic carbocycles. The Bertz CT molecular complexity index is 2700. The minimum atomic E-state index is -0.736. The molecule has 1 aliphatic heterocycles. The Labute approximate surface area is 343 Å². The van der Waals surface area contributed by atoms with Gasteiger partial charge in [-0.25, -0.2) is 0 Å². The molecule has 1 heterocycles. The van der Waals surface area contributed by atoms with Gasteiger partial charge in [-0.3, -0.25) is 0 Å². The molecule has 278 valence electrons. The van der Waals surface area contributed by atoms with E-state index in [1.165, 1.54) is 61.2 Å². The van der Waals surface area contributed by atoms with Crippen LogP contribution in [0.2, 0.25) is 0 Å². The molecule has 0 aromatic heterocycles. The Kier molecular flexibility index (Phi) is 8.66. The molecule has 0 bridgehead atoms. The first kappa shape index (κ1) is 36.0. The standard InChI is InChI=1S/C55H44BO2/c1-53(2)54(3,4)58-56(57-53)48-29-30-50-49-27-17-18-28-51(49)55(52(50)37-48,46-33-42(38-19-9-5-10-20-38)31-43(34-46)39-21-11-6-12-22-39)47-35-44(40-23-13-7-14-24-40)32-45(36-47)41-25-15-8-16-26-41/h5-7,9-37H,1-4H3/q+1. The van der Waals surface area contributed by atoms with E-state index in [1.54, 1.807) is 0 Å². The molecule has 7 aromatic rings. The van der Waals surface area contributed by atoms with Crippen LogP contribution in [0, 0.1) is 6.08 Å². The first-order valence-electron chi connectivity index (χ1n) is 20.3. The summed E-state index contributed by atoms with van der Waals surface area (Å²) in [6.45, 7) is 8.49. The molecular formula is C55H44BO2+. The van der Waals surface area contributed by atoms with E-state index in [0.717, 1.165) is 22.2 Å². The third-order valence-corrected chi connectivity index (χ3v) is 12.7. The molecule has 1 unspecified atom stereocenters. The van der Waals surface area contributed by atoms with Crippen LogP contribution in [-0.4, -0.2) is 18.3 Å². The predicted octanol–water partition coefficient (Wildman–Crippen LogP) is 12.7. The van der Waals surface area contributed by atoms with Crippen LogP contribution in [0.15, 0.2) is 194 Å². The molecule has 7 aromatic carbocycles. The van der Waals surface area contributed by atoms with Crippen LogP contribution in [0.1, 0.15) is 55.5 Å². The van der Waals surface area contributed by atoms with Gasteiger partial charge in [-0.1, -0.05) is 133 Å². The molecule has 0 amide bonds. The highest BCUT2D eigenvalue weighted by Crippen LogP contribution is 2.57. The zero-order valence-electron chi connectivity index (χ0n) is 33.4. The average Bonchev–Trinajstić information content (AvgIpc) is 3.70. The average molecular weight is 748 g/mol. The lowest BCUT2D eigenvalue weighted by Gasteiger charge is -2.35. The Morgan fingerprint density at radius 3 is 1.47 bits per heavy atom. The number of fused-ring (bicyclic) bond motifs is 3. The van der Waals surface area contributed by atoms with Crippen molar-refractivity contribution >= 4 is 18.2 Å². The van der Waals surface area contributed by atoms with E-state index in [1.807, 2.05) is 12.2 Å². The number of rotatable bonds is 7. The Hall–Kier alpha value is -6.35. The molecular weight excluding hydrogens is 703 g/mol. The lowest BCUT2D eigenvalue weighted by atomic mass is 9.64. The number of allylic oxidation sites excluding steroid dienone is 6. The Balaban J connectivity index is 1.34. The van der Waals surface area contributed by atoms with E-state index in [2.05, 4.69) is 216 Å². The minimum Gasteiger partial charge on any atom is -0.399 e. The van der Waals surface area contributed by atoms with Crippen molar-refractivity contribution in [1.29, 1.82) is 0 Å². The fraction of sp³-hybridized carbons (Fsp3) is 0.127. The largest absolute Gasteiger partial charge is 0.494 e. The van der Waals surface area contributed by atoms with Gasteiger partial charge in [0, 0.05) is 11.6 Å². The summed E-state index contributed by atoms with van der Waals surface area (Å²) in [6, 6.07) is 62.6. The first-order valence-corrected chi connectivity index (χ1v) is 20.3. The summed E-state index contributed by atoms with van der Waals surface area (Å²) in [7, 11) is -0.515. The molecule has 0 radical (unpaired) electrons. The Morgan fingerprint density at radius 1 is 0.448 bits per heavy atom. The van der Waals surface area contributed by atoms with Crippen molar-refractivity contribution in [2.45, 2.75) is 44.3 Å². The summed E-state index contributed by atoms with van der Waals surface area (Å²) in [5.41, 5.74) is 15.9. The van der Waals surface area contributed by atoms with Gasteiger partial charge < -0.3 is 9.31 Å². The highest BCUT2D eigenvalue weighted by Gasteiger charge is 2.53. The van der Waals surface area contributed by atoms with Gasteiger partial charge in [0.1, 0.15) is 12.2 Å². The van der Waals surface area contributed by atoms with Crippen LogP contribution in [0.3, 0.4) is 0 Å². The van der Waals surface area contributed by atoms with Gasteiger partial charge in [0.15, 0.2) is 0 Å². The maximum atomic E-state index is 6.75. The van der Waals surface area contributed by atoms with Crippen molar-refractivity contribution in [1.82, 2.24) is 0 Å².